The molecule has 0 radical (unpaired) electrons. The normalized spacial score (nSPS) is 15.6. The molecular formula is C13H30N2. The minimum atomic E-state index is 0.619. The van der Waals surface area contributed by atoms with Crippen molar-refractivity contribution in [2.45, 2.75) is 53.5 Å². The molecule has 0 aromatic rings. The zero-order valence-electron chi connectivity index (χ0n) is 11.3. The van der Waals surface area contributed by atoms with Crippen LogP contribution in [0.15, 0.2) is 0 Å². The summed E-state index contributed by atoms with van der Waals surface area (Å²) in [5.41, 5.74) is 0. The number of nitrogens with zero attached hydrogens (tertiary/aromatic N) is 1. The van der Waals surface area contributed by atoms with Crippen LogP contribution in [0.25, 0.3) is 0 Å². The molecule has 2 nitrogen and oxygen atoms in total. The van der Waals surface area contributed by atoms with Gasteiger partial charge in [-0.05, 0) is 38.9 Å². The van der Waals surface area contributed by atoms with Gasteiger partial charge in [0.15, 0.2) is 0 Å². The van der Waals surface area contributed by atoms with Crippen molar-refractivity contribution in [1.82, 2.24) is 10.2 Å². The second kappa shape index (κ2) is 9.17. The molecule has 1 N–H and O–H groups in total. The van der Waals surface area contributed by atoms with Gasteiger partial charge in [-0.1, -0.05) is 34.1 Å². The molecule has 0 rings (SSSR count). The van der Waals surface area contributed by atoms with Crippen molar-refractivity contribution in [3.8, 4) is 0 Å². The molecule has 0 bridgehead atoms. The Morgan fingerprint density at radius 2 is 1.67 bits per heavy atom. The maximum Gasteiger partial charge on any atom is 0.0166 e. The Labute approximate surface area is 96.4 Å². The predicted molar refractivity (Wildman–Crippen MR) is 69.3 cm³/mol. The van der Waals surface area contributed by atoms with E-state index in [9.17, 15) is 0 Å². The minimum absolute atomic E-state index is 0.619. The van der Waals surface area contributed by atoms with E-state index in [1.807, 2.05) is 0 Å². The third-order valence-corrected chi connectivity index (χ3v) is 3.25. The first-order valence-corrected chi connectivity index (χ1v) is 6.59. The smallest absolute Gasteiger partial charge is 0.0166 e. The zero-order valence-corrected chi connectivity index (χ0v) is 11.3. The molecule has 0 aromatic heterocycles. The van der Waals surface area contributed by atoms with Crippen molar-refractivity contribution in [1.29, 1.82) is 0 Å². The van der Waals surface area contributed by atoms with Crippen molar-refractivity contribution in [3.05, 3.63) is 0 Å². The quantitative estimate of drug-likeness (QED) is 0.635. The molecule has 0 aliphatic rings. The van der Waals surface area contributed by atoms with Crippen LogP contribution in [-0.4, -0.2) is 37.1 Å². The van der Waals surface area contributed by atoms with Crippen LogP contribution in [-0.2, 0) is 0 Å². The maximum atomic E-state index is 3.61. The molecular weight excluding hydrogens is 184 g/mol. The van der Waals surface area contributed by atoms with Crippen molar-refractivity contribution in [3.63, 3.8) is 0 Å². The van der Waals surface area contributed by atoms with E-state index in [-0.39, 0.29) is 0 Å². The van der Waals surface area contributed by atoms with E-state index in [4.69, 9.17) is 0 Å². The Bertz CT molecular complexity index is 132. The molecule has 0 aromatic carbocycles. The third kappa shape index (κ3) is 7.80. The van der Waals surface area contributed by atoms with E-state index >= 15 is 0 Å². The van der Waals surface area contributed by atoms with Gasteiger partial charge < -0.3 is 10.2 Å². The van der Waals surface area contributed by atoms with Crippen molar-refractivity contribution >= 4 is 0 Å². The van der Waals surface area contributed by atoms with Crippen LogP contribution in [0.2, 0.25) is 0 Å². The Balaban J connectivity index is 3.51. The summed E-state index contributed by atoms with van der Waals surface area (Å²) in [6.45, 7) is 16.0. The molecule has 0 fully saturated rings. The monoisotopic (exact) mass is 214 g/mol. The summed E-state index contributed by atoms with van der Waals surface area (Å²) in [6.07, 6.45) is 2.60. The molecule has 0 spiro atoms. The molecule has 15 heavy (non-hydrogen) atoms. The lowest BCUT2D eigenvalue weighted by atomic mass is 10.1. The molecule has 2 heteroatoms. The van der Waals surface area contributed by atoms with E-state index < -0.39 is 0 Å². The minimum Gasteiger partial charge on any atom is -0.313 e. The van der Waals surface area contributed by atoms with Gasteiger partial charge in [0.25, 0.3) is 0 Å². The SMILES string of the molecule is CCC(C)CCNC(C)CN(CC)CC. The topological polar surface area (TPSA) is 15.3 Å². The third-order valence-electron chi connectivity index (χ3n) is 3.25. The standard InChI is InChI=1S/C13H30N2/c1-6-12(4)9-10-14-13(5)11-15(7-2)8-3/h12-14H,6-11H2,1-5H3. The lowest BCUT2D eigenvalue weighted by molar-refractivity contribution is 0.269. The summed E-state index contributed by atoms with van der Waals surface area (Å²) in [5, 5.41) is 3.61. The van der Waals surface area contributed by atoms with Gasteiger partial charge in [-0.3, -0.25) is 0 Å². The maximum absolute atomic E-state index is 3.61. The van der Waals surface area contributed by atoms with Gasteiger partial charge in [-0.25, -0.2) is 0 Å². The van der Waals surface area contributed by atoms with E-state index in [0.29, 0.717) is 6.04 Å². The van der Waals surface area contributed by atoms with Crippen molar-refractivity contribution in [2.75, 3.05) is 26.2 Å². The summed E-state index contributed by atoms with van der Waals surface area (Å²) >= 11 is 0. The lowest BCUT2D eigenvalue weighted by Crippen LogP contribution is -2.39. The van der Waals surface area contributed by atoms with E-state index in [2.05, 4.69) is 44.8 Å². The van der Waals surface area contributed by atoms with Crippen LogP contribution >= 0.6 is 0 Å². The average molecular weight is 214 g/mol. The second-order valence-corrected chi connectivity index (χ2v) is 4.64. The van der Waals surface area contributed by atoms with Gasteiger partial charge >= 0.3 is 0 Å². The zero-order chi connectivity index (χ0) is 11.7. The first-order chi connectivity index (χ1) is 7.13. The van der Waals surface area contributed by atoms with Gasteiger partial charge in [-0.2, -0.15) is 0 Å². The number of nitrogens with one attached hydrogen (secondary N) is 1. The van der Waals surface area contributed by atoms with Crippen LogP contribution in [0.3, 0.4) is 0 Å². The molecule has 0 aliphatic heterocycles. The van der Waals surface area contributed by atoms with E-state index in [0.717, 1.165) is 25.6 Å². The molecule has 92 valence electrons. The van der Waals surface area contributed by atoms with Gasteiger partial charge in [0.05, 0.1) is 0 Å². The second-order valence-electron chi connectivity index (χ2n) is 4.64. The van der Waals surface area contributed by atoms with Crippen LogP contribution in [0.4, 0.5) is 0 Å². The van der Waals surface area contributed by atoms with Gasteiger partial charge in [0, 0.05) is 12.6 Å². The number of hydrogen-bond acceptors (Lipinski definition) is 2. The molecule has 0 saturated carbocycles. The fourth-order valence-electron chi connectivity index (χ4n) is 1.71. The Morgan fingerprint density at radius 1 is 1.07 bits per heavy atom. The summed E-state index contributed by atoms with van der Waals surface area (Å²) < 4.78 is 0. The van der Waals surface area contributed by atoms with Gasteiger partial charge in [0.1, 0.15) is 0 Å². The van der Waals surface area contributed by atoms with Crippen molar-refractivity contribution in [2.24, 2.45) is 5.92 Å². The van der Waals surface area contributed by atoms with Crippen LogP contribution in [0.5, 0.6) is 0 Å². The largest absolute Gasteiger partial charge is 0.313 e. The number of hydrogen-bond donors (Lipinski definition) is 1. The summed E-state index contributed by atoms with van der Waals surface area (Å²) in [4.78, 5) is 2.47. The molecule has 2 atom stereocenters. The van der Waals surface area contributed by atoms with Gasteiger partial charge in [0.2, 0.25) is 0 Å². The molecule has 2 unspecified atom stereocenters. The highest BCUT2D eigenvalue weighted by Crippen LogP contribution is 2.04. The fraction of sp³-hybridized carbons (Fsp3) is 1.00. The fourth-order valence-corrected chi connectivity index (χ4v) is 1.71. The number of likely N-dealkylation sites (N-methyl/N-ethyl adjacent to an activating group) is 1. The highest BCUT2D eigenvalue weighted by Gasteiger charge is 2.06. The average Bonchev–Trinajstić information content (AvgIpc) is 2.25. The van der Waals surface area contributed by atoms with E-state index in [1.165, 1.54) is 19.4 Å². The Hall–Kier alpha value is -0.0800. The Morgan fingerprint density at radius 3 is 2.13 bits per heavy atom. The first kappa shape index (κ1) is 14.9. The Kier molecular flexibility index (Phi) is 9.12. The summed E-state index contributed by atoms with van der Waals surface area (Å²) in [7, 11) is 0. The lowest BCUT2D eigenvalue weighted by Gasteiger charge is -2.23. The first-order valence-electron chi connectivity index (χ1n) is 6.59. The van der Waals surface area contributed by atoms with Crippen LogP contribution in [0.1, 0.15) is 47.5 Å². The van der Waals surface area contributed by atoms with Crippen molar-refractivity contribution < 1.29 is 0 Å². The summed E-state index contributed by atoms with van der Waals surface area (Å²) in [6, 6.07) is 0.619. The predicted octanol–water partition coefficient (Wildman–Crippen LogP) is 2.74. The highest BCUT2D eigenvalue weighted by molar-refractivity contribution is 4.66. The molecule has 0 amide bonds. The molecule has 0 heterocycles. The highest BCUT2D eigenvalue weighted by atomic mass is 15.1. The summed E-state index contributed by atoms with van der Waals surface area (Å²) in [5.74, 6) is 0.859. The molecule has 0 saturated heterocycles. The van der Waals surface area contributed by atoms with Crippen LogP contribution < -0.4 is 5.32 Å². The van der Waals surface area contributed by atoms with Crippen LogP contribution in [0, 0.1) is 5.92 Å². The number of rotatable bonds is 9. The van der Waals surface area contributed by atoms with E-state index in [1.54, 1.807) is 0 Å². The molecule has 0 aliphatic carbocycles. The van der Waals surface area contributed by atoms with Gasteiger partial charge in [-0.15, -0.1) is 0 Å².